The normalized spacial score (nSPS) is 14.0. The molecule has 5 heteroatoms. The van der Waals surface area contributed by atoms with E-state index in [1.165, 1.54) is 28.5 Å². The van der Waals surface area contributed by atoms with Gasteiger partial charge in [0, 0.05) is 23.4 Å². The minimum atomic E-state index is -0.256. The average molecular weight is 468 g/mol. The molecular formula is C29H29N3OS. The van der Waals surface area contributed by atoms with Gasteiger partial charge in [0.25, 0.3) is 0 Å². The maximum absolute atomic E-state index is 13.4. The summed E-state index contributed by atoms with van der Waals surface area (Å²) < 4.78 is 0. The van der Waals surface area contributed by atoms with Gasteiger partial charge in [0.05, 0.1) is 16.6 Å². The zero-order valence-corrected chi connectivity index (χ0v) is 20.7. The molecule has 1 aliphatic rings. The Labute approximate surface area is 205 Å². The van der Waals surface area contributed by atoms with Gasteiger partial charge in [-0.1, -0.05) is 89.6 Å². The lowest BCUT2D eigenvalue weighted by Gasteiger charge is -2.31. The van der Waals surface area contributed by atoms with Gasteiger partial charge in [-0.15, -0.1) is 0 Å². The van der Waals surface area contributed by atoms with Gasteiger partial charge in [0.15, 0.2) is 5.16 Å². The number of amides is 1. The van der Waals surface area contributed by atoms with Crippen LogP contribution in [-0.2, 0) is 11.2 Å². The minimum Gasteiger partial charge on any atom is -0.332 e. The summed E-state index contributed by atoms with van der Waals surface area (Å²) >= 11 is 1.49. The van der Waals surface area contributed by atoms with E-state index in [0.29, 0.717) is 0 Å². The third-order valence-corrected chi connectivity index (χ3v) is 7.33. The number of aromatic amines is 1. The molecule has 1 atom stereocenters. The van der Waals surface area contributed by atoms with Crippen molar-refractivity contribution in [2.45, 2.75) is 44.0 Å². The summed E-state index contributed by atoms with van der Waals surface area (Å²) in [5.41, 5.74) is 8.77. The lowest BCUT2D eigenvalue weighted by molar-refractivity contribution is -0.117. The number of rotatable bonds is 5. The van der Waals surface area contributed by atoms with Crippen LogP contribution in [0.4, 0.5) is 5.69 Å². The third-order valence-electron chi connectivity index (χ3n) is 6.36. The Morgan fingerprint density at radius 2 is 1.59 bits per heavy atom. The molecule has 0 saturated carbocycles. The van der Waals surface area contributed by atoms with E-state index in [2.05, 4.69) is 79.5 Å². The van der Waals surface area contributed by atoms with Gasteiger partial charge in [0.2, 0.25) is 5.91 Å². The molecule has 2 heterocycles. The van der Waals surface area contributed by atoms with E-state index in [9.17, 15) is 4.79 Å². The smallest absolute Gasteiger partial charge is 0.240 e. The largest absolute Gasteiger partial charge is 0.332 e. The molecule has 0 aliphatic carbocycles. The number of H-pyrrole nitrogens is 1. The van der Waals surface area contributed by atoms with Crippen LogP contribution in [-0.4, -0.2) is 27.7 Å². The quantitative estimate of drug-likeness (QED) is 0.328. The van der Waals surface area contributed by atoms with E-state index < -0.39 is 0 Å². The topological polar surface area (TPSA) is 49.0 Å². The molecular weight excluding hydrogens is 438 g/mol. The van der Waals surface area contributed by atoms with Crippen molar-refractivity contribution >= 4 is 23.4 Å². The van der Waals surface area contributed by atoms with Crippen LogP contribution in [0.3, 0.4) is 0 Å². The van der Waals surface area contributed by atoms with Crippen molar-refractivity contribution in [2.75, 3.05) is 11.4 Å². The van der Waals surface area contributed by atoms with E-state index >= 15 is 0 Å². The number of aromatic nitrogens is 2. The van der Waals surface area contributed by atoms with Crippen molar-refractivity contribution in [3.8, 4) is 22.5 Å². The van der Waals surface area contributed by atoms with Crippen molar-refractivity contribution < 1.29 is 4.79 Å². The number of nitrogens with zero attached hydrogens (tertiary/aromatic N) is 2. The Balaban J connectivity index is 1.45. The number of thioether (sulfide) groups is 1. The van der Waals surface area contributed by atoms with Gasteiger partial charge in [-0.3, -0.25) is 4.79 Å². The molecule has 0 bridgehead atoms. The van der Waals surface area contributed by atoms with Crippen molar-refractivity contribution in [2.24, 2.45) is 0 Å². The highest BCUT2D eigenvalue weighted by Crippen LogP contribution is 2.35. The molecule has 0 unspecified atom stereocenters. The fourth-order valence-corrected chi connectivity index (χ4v) is 5.32. The zero-order chi connectivity index (χ0) is 23.7. The molecule has 1 aliphatic heterocycles. The number of nitrogens with one attached hydrogen (secondary N) is 1. The average Bonchev–Trinajstić information content (AvgIpc) is 3.27. The highest BCUT2D eigenvalue weighted by Gasteiger charge is 2.28. The van der Waals surface area contributed by atoms with Crippen molar-refractivity contribution in [3.63, 3.8) is 0 Å². The molecule has 0 saturated heterocycles. The number of hydrogen-bond acceptors (Lipinski definition) is 3. The summed E-state index contributed by atoms with van der Waals surface area (Å²) in [6.45, 7) is 6.92. The monoisotopic (exact) mass is 467 g/mol. The number of fused-ring (bicyclic) bond motifs is 1. The van der Waals surface area contributed by atoms with Gasteiger partial charge in [-0.05, 0) is 45.2 Å². The first-order valence-corrected chi connectivity index (χ1v) is 12.7. The maximum atomic E-state index is 13.4. The van der Waals surface area contributed by atoms with Gasteiger partial charge in [-0.25, -0.2) is 4.98 Å². The van der Waals surface area contributed by atoms with Crippen LogP contribution in [0.5, 0.6) is 0 Å². The Morgan fingerprint density at radius 1 is 0.941 bits per heavy atom. The summed E-state index contributed by atoms with van der Waals surface area (Å²) in [6, 6.07) is 25.1. The molecule has 4 aromatic rings. The number of anilines is 1. The first-order chi connectivity index (χ1) is 16.5. The van der Waals surface area contributed by atoms with E-state index in [-0.39, 0.29) is 11.2 Å². The highest BCUT2D eigenvalue weighted by molar-refractivity contribution is 8.00. The molecule has 3 aromatic carbocycles. The van der Waals surface area contributed by atoms with Crippen LogP contribution >= 0.6 is 11.8 Å². The van der Waals surface area contributed by atoms with Gasteiger partial charge < -0.3 is 9.88 Å². The SMILES string of the molecule is Cc1ccc(-c2nc(S[C@@H](C)C(=O)N3CCCc4ccccc43)[nH]c2-c2ccc(C)cc2)cc1. The Hall–Kier alpha value is -3.31. The molecule has 5 rings (SSSR count). The molecule has 1 aromatic heterocycles. The van der Waals surface area contributed by atoms with E-state index in [1.54, 1.807) is 0 Å². The number of imidazole rings is 1. The van der Waals surface area contributed by atoms with E-state index in [1.807, 2.05) is 24.0 Å². The van der Waals surface area contributed by atoms with E-state index in [4.69, 9.17) is 4.98 Å². The number of carbonyl (C=O) groups excluding carboxylic acids is 1. The molecule has 0 radical (unpaired) electrons. The first kappa shape index (κ1) is 22.5. The fraction of sp³-hybridized carbons (Fsp3) is 0.241. The summed E-state index contributed by atoms with van der Waals surface area (Å²) in [6.07, 6.45) is 2.02. The van der Waals surface area contributed by atoms with Crippen molar-refractivity contribution in [3.05, 3.63) is 89.5 Å². The number of hydrogen-bond donors (Lipinski definition) is 1. The van der Waals surface area contributed by atoms with Crippen molar-refractivity contribution in [1.29, 1.82) is 0 Å². The predicted molar refractivity (Wildman–Crippen MR) is 141 cm³/mol. The van der Waals surface area contributed by atoms with Gasteiger partial charge in [-0.2, -0.15) is 0 Å². The second kappa shape index (κ2) is 9.51. The van der Waals surface area contributed by atoms with Crippen molar-refractivity contribution in [1.82, 2.24) is 9.97 Å². The van der Waals surface area contributed by atoms with Crippen LogP contribution in [0, 0.1) is 13.8 Å². The molecule has 172 valence electrons. The Morgan fingerprint density at radius 3 is 2.29 bits per heavy atom. The highest BCUT2D eigenvalue weighted by atomic mass is 32.2. The Kier molecular flexibility index (Phi) is 6.29. The molecule has 0 spiro atoms. The molecule has 1 N–H and O–H groups in total. The second-order valence-corrected chi connectivity index (χ2v) is 10.3. The maximum Gasteiger partial charge on any atom is 0.240 e. The standard InChI is InChI=1S/C29H29N3OS/c1-19-10-14-23(15-11-19)26-27(24-16-12-20(2)13-17-24)31-29(30-26)34-21(3)28(33)32-18-6-8-22-7-4-5-9-25(22)32/h4-5,7,9-17,21H,6,8,18H2,1-3H3,(H,30,31)/t21-/m0/s1. The lowest BCUT2D eigenvalue weighted by atomic mass is 10.0. The number of carbonyl (C=O) groups is 1. The second-order valence-electron chi connectivity index (χ2n) is 8.98. The number of aryl methyl sites for hydroxylation is 3. The summed E-state index contributed by atoms with van der Waals surface area (Å²) in [7, 11) is 0. The van der Waals surface area contributed by atoms with Crippen LogP contribution in [0.15, 0.2) is 78.0 Å². The Bertz CT molecular complexity index is 1250. The lowest BCUT2D eigenvalue weighted by Crippen LogP contribution is -2.40. The number of benzene rings is 3. The van der Waals surface area contributed by atoms with Gasteiger partial charge >= 0.3 is 0 Å². The molecule has 0 fully saturated rings. The van der Waals surface area contributed by atoms with Crippen LogP contribution in [0.25, 0.3) is 22.5 Å². The molecule has 4 nitrogen and oxygen atoms in total. The third kappa shape index (κ3) is 4.53. The van der Waals surface area contributed by atoms with E-state index in [0.717, 1.165) is 52.7 Å². The fourth-order valence-electron chi connectivity index (χ4n) is 4.46. The first-order valence-electron chi connectivity index (χ1n) is 11.8. The van der Waals surface area contributed by atoms with Crippen LogP contribution < -0.4 is 4.90 Å². The van der Waals surface area contributed by atoms with Gasteiger partial charge in [0.1, 0.15) is 0 Å². The molecule has 34 heavy (non-hydrogen) atoms. The number of para-hydroxylation sites is 1. The predicted octanol–water partition coefficient (Wildman–Crippen LogP) is 6.82. The summed E-state index contributed by atoms with van der Waals surface area (Å²) in [4.78, 5) is 23.9. The summed E-state index contributed by atoms with van der Waals surface area (Å²) in [5.74, 6) is 0.127. The molecule has 1 amide bonds. The van der Waals surface area contributed by atoms with Crippen LogP contribution in [0.1, 0.15) is 30.0 Å². The van der Waals surface area contributed by atoms with Crippen LogP contribution in [0.2, 0.25) is 0 Å². The minimum absolute atomic E-state index is 0.127. The summed E-state index contributed by atoms with van der Waals surface area (Å²) in [5, 5.41) is 0.506. The zero-order valence-electron chi connectivity index (χ0n) is 19.8.